The van der Waals surface area contributed by atoms with E-state index >= 15 is 0 Å². The van der Waals surface area contributed by atoms with Crippen molar-refractivity contribution in [1.29, 1.82) is 0 Å². The maximum atomic E-state index is 12.5. The first-order valence-electron chi connectivity index (χ1n) is 9.68. The Morgan fingerprint density at radius 3 is 2.71 bits per heavy atom. The number of fused-ring (bicyclic) bond motifs is 3. The number of nitrogens with one attached hydrogen (secondary N) is 1. The number of H-pyrrole nitrogens is 1. The second-order valence-corrected chi connectivity index (χ2v) is 7.70. The summed E-state index contributed by atoms with van der Waals surface area (Å²) in [5.41, 5.74) is 3.26. The van der Waals surface area contributed by atoms with Gasteiger partial charge in [-0.1, -0.05) is 29.3 Å². The molecule has 0 fully saturated rings. The van der Waals surface area contributed by atoms with Crippen LogP contribution in [0.1, 0.15) is 28.5 Å². The minimum Gasteiger partial charge on any atom is -0.488 e. The van der Waals surface area contributed by atoms with Crippen LogP contribution in [0.2, 0.25) is 10.0 Å². The molecule has 0 aliphatic carbocycles. The molecule has 2 aromatic carbocycles. The molecule has 0 radical (unpaired) electrons. The van der Waals surface area contributed by atoms with Crippen molar-refractivity contribution in [2.45, 2.75) is 20.1 Å². The molecule has 4 aromatic rings. The van der Waals surface area contributed by atoms with E-state index in [0.717, 1.165) is 27.4 Å². The number of halogens is 2. The summed E-state index contributed by atoms with van der Waals surface area (Å²) in [5, 5.41) is 2.79. The Balaban J connectivity index is 1.85. The highest BCUT2D eigenvalue weighted by atomic mass is 35.5. The lowest BCUT2D eigenvalue weighted by Crippen LogP contribution is -2.11. The van der Waals surface area contributed by atoms with Crippen LogP contribution < -0.4 is 4.74 Å². The number of esters is 1. The minimum atomic E-state index is -0.491. The van der Waals surface area contributed by atoms with Crippen LogP contribution in [0.25, 0.3) is 21.8 Å². The highest BCUT2D eigenvalue weighted by molar-refractivity contribution is 6.33. The summed E-state index contributed by atoms with van der Waals surface area (Å²) in [4.78, 5) is 20.2. The second-order valence-electron chi connectivity index (χ2n) is 6.86. The minimum absolute atomic E-state index is 0.194. The van der Waals surface area contributed by atoms with Crippen molar-refractivity contribution in [3.8, 4) is 5.75 Å². The van der Waals surface area contributed by atoms with Crippen LogP contribution >= 0.6 is 23.2 Å². The molecule has 4 rings (SSSR count). The molecule has 2 aromatic heterocycles. The van der Waals surface area contributed by atoms with Gasteiger partial charge in [0.2, 0.25) is 0 Å². The van der Waals surface area contributed by atoms with Gasteiger partial charge in [0.1, 0.15) is 12.4 Å². The Morgan fingerprint density at radius 2 is 1.94 bits per heavy atom. The molecule has 160 valence electrons. The molecule has 1 N–H and O–H groups in total. The largest absolute Gasteiger partial charge is 0.488 e. The molecule has 8 heteroatoms. The molecule has 31 heavy (non-hydrogen) atoms. The van der Waals surface area contributed by atoms with Crippen molar-refractivity contribution in [2.24, 2.45) is 0 Å². The van der Waals surface area contributed by atoms with Crippen LogP contribution in [0.3, 0.4) is 0 Å². The molecule has 0 unspecified atom stereocenters. The summed E-state index contributed by atoms with van der Waals surface area (Å²) in [7, 11) is 1.57. The summed E-state index contributed by atoms with van der Waals surface area (Å²) in [5.74, 6) is 0.146. The number of nitrogens with zero attached hydrogens (tertiary/aromatic N) is 1. The van der Waals surface area contributed by atoms with Gasteiger partial charge >= 0.3 is 5.97 Å². The summed E-state index contributed by atoms with van der Waals surface area (Å²) < 4.78 is 16.7. The number of carbonyl (C=O) groups excluding carboxylic acids is 1. The Kier molecular flexibility index (Phi) is 6.32. The van der Waals surface area contributed by atoms with E-state index in [0.29, 0.717) is 21.4 Å². The predicted octanol–water partition coefficient (Wildman–Crippen LogP) is 5.93. The van der Waals surface area contributed by atoms with Gasteiger partial charge < -0.3 is 19.2 Å². The van der Waals surface area contributed by atoms with Gasteiger partial charge in [-0.3, -0.25) is 0 Å². The second kappa shape index (κ2) is 9.14. The Morgan fingerprint density at radius 1 is 1.10 bits per heavy atom. The molecule has 0 amide bonds. The van der Waals surface area contributed by atoms with Gasteiger partial charge in [-0.2, -0.15) is 0 Å². The molecular formula is C23H20Cl2N2O4. The summed E-state index contributed by atoms with van der Waals surface area (Å²) in [6, 6.07) is 10.9. The zero-order chi connectivity index (χ0) is 22.0. The first kappa shape index (κ1) is 21.4. The maximum Gasteiger partial charge on any atom is 0.357 e. The molecule has 0 saturated heterocycles. The van der Waals surface area contributed by atoms with Gasteiger partial charge in [-0.15, -0.1) is 0 Å². The van der Waals surface area contributed by atoms with E-state index in [-0.39, 0.29) is 25.5 Å². The average Bonchev–Trinajstić information content (AvgIpc) is 3.14. The van der Waals surface area contributed by atoms with Crippen LogP contribution in [-0.4, -0.2) is 29.7 Å². The third-order valence-corrected chi connectivity index (χ3v) is 5.48. The lowest BCUT2D eigenvalue weighted by molar-refractivity contribution is 0.0514. The number of carbonyl (C=O) groups is 1. The zero-order valence-electron chi connectivity index (χ0n) is 17.0. The van der Waals surface area contributed by atoms with Crippen LogP contribution in [0.15, 0.2) is 42.6 Å². The molecular weight excluding hydrogens is 439 g/mol. The maximum absolute atomic E-state index is 12.5. The van der Waals surface area contributed by atoms with Crippen molar-refractivity contribution in [1.82, 2.24) is 9.97 Å². The van der Waals surface area contributed by atoms with Crippen molar-refractivity contribution in [3.05, 3.63) is 69.5 Å². The third-order valence-electron chi connectivity index (χ3n) is 4.87. The number of methoxy groups -OCH3 is 1. The summed E-state index contributed by atoms with van der Waals surface area (Å²) >= 11 is 12.4. The predicted molar refractivity (Wildman–Crippen MR) is 121 cm³/mol. The van der Waals surface area contributed by atoms with Gasteiger partial charge in [0.05, 0.1) is 30.4 Å². The van der Waals surface area contributed by atoms with Crippen LogP contribution in [0, 0.1) is 0 Å². The van der Waals surface area contributed by atoms with Gasteiger partial charge in [0, 0.05) is 39.1 Å². The monoisotopic (exact) mass is 458 g/mol. The van der Waals surface area contributed by atoms with Gasteiger partial charge in [0.15, 0.2) is 5.69 Å². The molecule has 0 atom stereocenters. The molecule has 6 nitrogen and oxygen atoms in total. The van der Waals surface area contributed by atoms with Gasteiger partial charge in [-0.05, 0) is 37.3 Å². The van der Waals surface area contributed by atoms with E-state index in [1.165, 1.54) is 0 Å². The van der Waals surface area contributed by atoms with Crippen LogP contribution in [-0.2, 0) is 22.7 Å². The van der Waals surface area contributed by atoms with E-state index < -0.39 is 5.97 Å². The molecule has 0 aliphatic rings. The number of rotatable bonds is 7. The van der Waals surface area contributed by atoms with E-state index in [4.69, 9.17) is 37.4 Å². The molecule has 0 saturated carbocycles. The zero-order valence-corrected chi connectivity index (χ0v) is 18.5. The van der Waals surface area contributed by atoms with Gasteiger partial charge in [-0.25, -0.2) is 9.78 Å². The summed E-state index contributed by atoms with van der Waals surface area (Å²) in [6.45, 7) is 2.44. The van der Waals surface area contributed by atoms with E-state index in [1.807, 2.05) is 18.2 Å². The molecule has 0 bridgehead atoms. The van der Waals surface area contributed by atoms with Crippen molar-refractivity contribution >= 4 is 51.0 Å². The molecule has 0 spiro atoms. The lowest BCUT2D eigenvalue weighted by Gasteiger charge is -2.12. The third kappa shape index (κ3) is 4.19. The fourth-order valence-electron chi connectivity index (χ4n) is 3.56. The Labute approximate surface area is 189 Å². The van der Waals surface area contributed by atoms with E-state index in [9.17, 15) is 4.79 Å². The highest BCUT2D eigenvalue weighted by Gasteiger charge is 2.22. The van der Waals surface area contributed by atoms with E-state index in [1.54, 1.807) is 38.4 Å². The number of hydrogen-bond acceptors (Lipinski definition) is 5. The first-order chi connectivity index (χ1) is 15.0. The van der Waals surface area contributed by atoms with Gasteiger partial charge in [0.25, 0.3) is 0 Å². The average molecular weight is 459 g/mol. The summed E-state index contributed by atoms with van der Waals surface area (Å²) in [6.07, 6.45) is 1.62. The van der Waals surface area contributed by atoms with Crippen molar-refractivity contribution in [3.63, 3.8) is 0 Å². The highest BCUT2D eigenvalue weighted by Crippen LogP contribution is 2.37. The number of aromatic amines is 1. The lowest BCUT2D eigenvalue weighted by atomic mass is 10.0. The van der Waals surface area contributed by atoms with Crippen molar-refractivity contribution < 1.29 is 19.0 Å². The number of ether oxygens (including phenoxy) is 3. The normalized spacial score (nSPS) is 11.2. The fraction of sp³-hybridized carbons (Fsp3) is 0.217. The SMILES string of the molecule is CCOC(=O)c1ncc2[nH]c3cccc(OCc4cc(Cl)ccc4Cl)c3c2c1COC. The topological polar surface area (TPSA) is 73.4 Å². The first-order valence-corrected chi connectivity index (χ1v) is 10.4. The quantitative estimate of drug-likeness (QED) is 0.347. The number of hydrogen-bond donors (Lipinski definition) is 1. The van der Waals surface area contributed by atoms with E-state index in [2.05, 4.69) is 9.97 Å². The van der Waals surface area contributed by atoms with Crippen molar-refractivity contribution in [2.75, 3.05) is 13.7 Å². The Bertz CT molecular complexity index is 1270. The van der Waals surface area contributed by atoms with Crippen LogP contribution in [0.5, 0.6) is 5.75 Å². The number of aromatic nitrogens is 2. The number of benzene rings is 2. The Hall–Kier alpha value is -2.80. The molecule has 0 aliphatic heterocycles. The fourth-order valence-corrected chi connectivity index (χ4v) is 3.93. The number of pyridine rings is 1. The smallest absolute Gasteiger partial charge is 0.357 e. The molecule has 2 heterocycles. The van der Waals surface area contributed by atoms with Crippen LogP contribution in [0.4, 0.5) is 0 Å². The standard InChI is InChI=1S/C23H20Cl2N2O4/c1-3-30-23(28)22-15(12-29-2)20-18(10-26-22)27-17-5-4-6-19(21(17)20)31-11-13-9-14(24)7-8-16(13)25/h4-10,27H,3,11-12H2,1-2H3.